The van der Waals surface area contributed by atoms with E-state index in [1.165, 1.54) is 18.2 Å². The Balaban J connectivity index is 2.57. The number of methoxy groups -OCH3 is 1. The Morgan fingerprint density at radius 2 is 1.82 bits per heavy atom. The number of non-ortho nitro benzene ring substituents is 1. The predicted molar refractivity (Wildman–Crippen MR) is 83.7 cm³/mol. The first-order chi connectivity index (χ1) is 10.4. The van der Waals surface area contributed by atoms with Gasteiger partial charge in [-0.05, 0) is 43.5 Å². The molecule has 0 atom stereocenters. The largest absolute Gasteiger partial charge is 0.496 e. The van der Waals surface area contributed by atoms with Crippen LogP contribution in [0.2, 0.25) is 0 Å². The Morgan fingerprint density at radius 1 is 1.14 bits per heavy atom. The number of carbonyl (C=O) groups is 1. The van der Waals surface area contributed by atoms with Gasteiger partial charge >= 0.3 is 0 Å². The standard InChI is InChI=1S/C17H17NO4/c1-10-8-15(22-4)11(2)12(3)16(10)17(19)13-6-5-7-14(9-13)18(20)21/h5-9H,1-4H3. The van der Waals surface area contributed by atoms with Crippen LogP contribution in [-0.2, 0) is 0 Å². The van der Waals surface area contributed by atoms with E-state index in [1.54, 1.807) is 13.2 Å². The van der Waals surface area contributed by atoms with Crippen LogP contribution in [0.15, 0.2) is 30.3 Å². The van der Waals surface area contributed by atoms with Gasteiger partial charge in [0.15, 0.2) is 5.78 Å². The quantitative estimate of drug-likeness (QED) is 0.489. The second kappa shape index (κ2) is 5.97. The smallest absolute Gasteiger partial charge is 0.270 e. The third-order valence-electron chi connectivity index (χ3n) is 3.82. The molecule has 0 aromatic heterocycles. The van der Waals surface area contributed by atoms with E-state index >= 15 is 0 Å². The van der Waals surface area contributed by atoms with Crippen molar-refractivity contribution >= 4 is 11.5 Å². The van der Waals surface area contributed by atoms with E-state index in [0.29, 0.717) is 11.1 Å². The van der Waals surface area contributed by atoms with Crippen LogP contribution in [0.25, 0.3) is 0 Å². The summed E-state index contributed by atoms with van der Waals surface area (Å²) in [4.78, 5) is 23.1. The van der Waals surface area contributed by atoms with Crippen molar-refractivity contribution in [1.82, 2.24) is 0 Å². The maximum atomic E-state index is 12.8. The third-order valence-corrected chi connectivity index (χ3v) is 3.82. The fourth-order valence-corrected chi connectivity index (χ4v) is 2.51. The number of hydrogen-bond acceptors (Lipinski definition) is 4. The monoisotopic (exact) mass is 299 g/mol. The van der Waals surface area contributed by atoms with E-state index in [9.17, 15) is 14.9 Å². The SMILES string of the molecule is COc1cc(C)c(C(=O)c2cccc([N+](=O)[O-])c2)c(C)c1C. The molecule has 0 aliphatic rings. The average molecular weight is 299 g/mol. The van der Waals surface area contributed by atoms with Crippen LogP contribution in [0.3, 0.4) is 0 Å². The number of nitro benzene ring substituents is 1. The molecular weight excluding hydrogens is 282 g/mol. The molecule has 0 saturated carbocycles. The molecule has 0 amide bonds. The molecule has 0 saturated heterocycles. The Hall–Kier alpha value is -2.69. The van der Waals surface area contributed by atoms with Crippen LogP contribution in [-0.4, -0.2) is 17.8 Å². The number of ether oxygens (including phenoxy) is 1. The normalized spacial score (nSPS) is 10.4. The first kappa shape index (κ1) is 15.7. The zero-order chi connectivity index (χ0) is 16.4. The van der Waals surface area contributed by atoms with Gasteiger partial charge in [-0.2, -0.15) is 0 Å². The molecule has 2 aromatic carbocycles. The fraction of sp³-hybridized carbons (Fsp3) is 0.235. The number of aryl methyl sites for hydroxylation is 1. The predicted octanol–water partition coefficient (Wildman–Crippen LogP) is 3.76. The summed E-state index contributed by atoms with van der Waals surface area (Å²) < 4.78 is 5.30. The highest BCUT2D eigenvalue weighted by molar-refractivity contribution is 6.11. The van der Waals surface area contributed by atoms with Crippen molar-refractivity contribution in [1.29, 1.82) is 0 Å². The Morgan fingerprint density at radius 3 is 2.41 bits per heavy atom. The van der Waals surface area contributed by atoms with Gasteiger partial charge < -0.3 is 4.74 Å². The Bertz CT molecular complexity index is 765. The van der Waals surface area contributed by atoms with Crippen LogP contribution in [0, 0.1) is 30.9 Å². The maximum Gasteiger partial charge on any atom is 0.270 e. The second-order valence-corrected chi connectivity index (χ2v) is 5.16. The van der Waals surface area contributed by atoms with Gasteiger partial charge in [0.05, 0.1) is 12.0 Å². The van der Waals surface area contributed by atoms with Crippen molar-refractivity contribution < 1.29 is 14.5 Å². The number of nitrogens with zero attached hydrogens (tertiary/aromatic N) is 1. The molecule has 0 spiro atoms. The van der Waals surface area contributed by atoms with Crippen LogP contribution < -0.4 is 4.74 Å². The summed E-state index contributed by atoms with van der Waals surface area (Å²) in [5, 5.41) is 10.9. The second-order valence-electron chi connectivity index (χ2n) is 5.16. The highest BCUT2D eigenvalue weighted by Gasteiger charge is 2.20. The lowest BCUT2D eigenvalue weighted by Crippen LogP contribution is -2.09. The Labute approximate surface area is 128 Å². The molecule has 0 N–H and O–H groups in total. The summed E-state index contributed by atoms with van der Waals surface area (Å²) in [6, 6.07) is 7.60. The Kier molecular flexibility index (Phi) is 4.26. The van der Waals surface area contributed by atoms with Crippen LogP contribution in [0.5, 0.6) is 5.75 Å². The van der Waals surface area contributed by atoms with Crippen LogP contribution in [0.1, 0.15) is 32.6 Å². The molecule has 5 heteroatoms. The minimum absolute atomic E-state index is 0.0913. The van der Waals surface area contributed by atoms with E-state index in [0.717, 1.165) is 22.4 Å². The maximum absolute atomic E-state index is 12.8. The molecule has 2 rings (SSSR count). The van der Waals surface area contributed by atoms with E-state index < -0.39 is 4.92 Å². The lowest BCUT2D eigenvalue weighted by molar-refractivity contribution is -0.384. The molecule has 0 aliphatic heterocycles. The summed E-state index contributed by atoms with van der Waals surface area (Å²) in [7, 11) is 1.59. The van der Waals surface area contributed by atoms with Gasteiger partial charge in [-0.1, -0.05) is 12.1 Å². The molecule has 0 radical (unpaired) electrons. The molecule has 22 heavy (non-hydrogen) atoms. The van der Waals surface area contributed by atoms with Crippen molar-refractivity contribution in [2.45, 2.75) is 20.8 Å². The number of nitro groups is 1. The lowest BCUT2D eigenvalue weighted by atomic mass is 9.91. The van der Waals surface area contributed by atoms with Gasteiger partial charge in [-0.25, -0.2) is 0 Å². The molecule has 0 unspecified atom stereocenters. The number of rotatable bonds is 4. The number of carbonyl (C=O) groups excluding carboxylic acids is 1. The minimum Gasteiger partial charge on any atom is -0.496 e. The van der Waals surface area contributed by atoms with E-state index in [2.05, 4.69) is 0 Å². The third kappa shape index (κ3) is 2.70. The first-order valence-electron chi connectivity index (χ1n) is 6.80. The molecule has 5 nitrogen and oxygen atoms in total. The van der Waals surface area contributed by atoms with Gasteiger partial charge in [0.2, 0.25) is 0 Å². The first-order valence-corrected chi connectivity index (χ1v) is 6.80. The molecule has 0 fully saturated rings. The summed E-state index contributed by atoms with van der Waals surface area (Å²) in [6.07, 6.45) is 0. The number of hydrogen-bond donors (Lipinski definition) is 0. The van der Waals surface area contributed by atoms with Crippen molar-refractivity contribution in [3.8, 4) is 5.75 Å². The fourth-order valence-electron chi connectivity index (χ4n) is 2.51. The van der Waals surface area contributed by atoms with Crippen molar-refractivity contribution in [2.75, 3.05) is 7.11 Å². The topological polar surface area (TPSA) is 69.4 Å². The molecular formula is C17H17NO4. The average Bonchev–Trinajstić information content (AvgIpc) is 2.50. The van der Waals surface area contributed by atoms with Gasteiger partial charge in [0.1, 0.15) is 5.75 Å². The molecule has 0 aliphatic carbocycles. The van der Waals surface area contributed by atoms with Gasteiger partial charge in [0, 0.05) is 23.3 Å². The minimum atomic E-state index is -0.504. The van der Waals surface area contributed by atoms with E-state index in [-0.39, 0.29) is 11.5 Å². The van der Waals surface area contributed by atoms with Crippen LogP contribution in [0.4, 0.5) is 5.69 Å². The van der Waals surface area contributed by atoms with Gasteiger partial charge in [-0.15, -0.1) is 0 Å². The van der Waals surface area contributed by atoms with Crippen LogP contribution >= 0.6 is 0 Å². The van der Waals surface area contributed by atoms with E-state index in [4.69, 9.17) is 4.74 Å². The van der Waals surface area contributed by atoms with Crippen molar-refractivity contribution in [3.05, 3.63) is 68.3 Å². The summed E-state index contributed by atoms with van der Waals surface area (Å²) in [5.41, 5.74) is 3.29. The highest BCUT2D eigenvalue weighted by Crippen LogP contribution is 2.29. The molecule has 2 aromatic rings. The number of ketones is 1. The lowest BCUT2D eigenvalue weighted by Gasteiger charge is -2.15. The summed E-state index contributed by atoms with van der Waals surface area (Å²) in [5.74, 6) is 0.509. The van der Waals surface area contributed by atoms with Gasteiger partial charge in [-0.3, -0.25) is 14.9 Å². The van der Waals surface area contributed by atoms with E-state index in [1.807, 2.05) is 26.8 Å². The van der Waals surface area contributed by atoms with Crippen molar-refractivity contribution in [2.24, 2.45) is 0 Å². The zero-order valence-electron chi connectivity index (χ0n) is 13.0. The summed E-state index contributed by atoms with van der Waals surface area (Å²) >= 11 is 0. The molecule has 0 bridgehead atoms. The van der Waals surface area contributed by atoms with Gasteiger partial charge in [0.25, 0.3) is 5.69 Å². The molecule has 114 valence electrons. The zero-order valence-corrected chi connectivity index (χ0v) is 13.0. The highest BCUT2D eigenvalue weighted by atomic mass is 16.6. The molecule has 0 heterocycles. The summed E-state index contributed by atoms with van der Waals surface area (Å²) in [6.45, 7) is 5.58. The number of benzene rings is 2. The van der Waals surface area contributed by atoms with Crippen molar-refractivity contribution in [3.63, 3.8) is 0 Å².